The lowest BCUT2D eigenvalue weighted by molar-refractivity contribution is 0.125. The molecule has 0 radical (unpaired) electrons. The van der Waals surface area contributed by atoms with E-state index in [-0.39, 0.29) is 6.04 Å². The summed E-state index contributed by atoms with van der Waals surface area (Å²) in [6, 6.07) is -0.229. The highest BCUT2D eigenvalue weighted by Gasteiger charge is 2.29. The molecule has 2 unspecified atom stereocenters. The number of carboxylic acid groups (broad SMARTS) is 1. The fourth-order valence-corrected chi connectivity index (χ4v) is 2.20. The molecule has 0 saturated carbocycles. The molecule has 6 heteroatoms. The third-order valence-electron chi connectivity index (χ3n) is 2.65. The van der Waals surface area contributed by atoms with Gasteiger partial charge in [-0.2, -0.15) is 0 Å². The van der Waals surface area contributed by atoms with Gasteiger partial charge in [0.25, 0.3) is 0 Å². The summed E-state index contributed by atoms with van der Waals surface area (Å²) < 4.78 is 15.3. The van der Waals surface area contributed by atoms with Gasteiger partial charge in [-0.05, 0) is 40.0 Å². The quantitative estimate of drug-likeness (QED) is 0.610. The van der Waals surface area contributed by atoms with Crippen molar-refractivity contribution in [3.8, 4) is 0 Å². The molecular weight excluding hydrogens is 240 g/mol. The number of rotatable bonds is 2. The minimum atomic E-state index is -1.32. The van der Waals surface area contributed by atoms with Crippen molar-refractivity contribution in [3.63, 3.8) is 0 Å². The first kappa shape index (κ1) is 14.3. The highest BCUT2D eigenvalue weighted by molar-refractivity contribution is 7.91. The smallest absolute Gasteiger partial charge is 0.407 e. The SMILES string of the molecule is CC(C)(C)[S+]([O-])/N=C\C1CCCCN1C(=O)O. The topological polar surface area (TPSA) is 76.0 Å². The van der Waals surface area contributed by atoms with Gasteiger partial charge in [0.15, 0.2) is 0 Å². The number of nitrogens with zero attached hydrogens (tertiary/aromatic N) is 2. The first-order valence-electron chi connectivity index (χ1n) is 5.78. The highest BCUT2D eigenvalue weighted by Crippen LogP contribution is 2.19. The van der Waals surface area contributed by atoms with Gasteiger partial charge in [0, 0.05) is 6.54 Å². The van der Waals surface area contributed by atoms with Crippen LogP contribution in [0.4, 0.5) is 4.79 Å². The Labute approximate surface area is 105 Å². The van der Waals surface area contributed by atoms with Crippen LogP contribution >= 0.6 is 0 Å². The van der Waals surface area contributed by atoms with Crippen LogP contribution in [0.1, 0.15) is 40.0 Å². The van der Waals surface area contributed by atoms with E-state index < -0.39 is 22.2 Å². The van der Waals surface area contributed by atoms with Crippen molar-refractivity contribution in [2.24, 2.45) is 4.40 Å². The van der Waals surface area contributed by atoms with E-state index in [2.05, 4.69) is 4.40 Å². The van der Waals surface area contributed by atoms with Crippen molar-refractivity contribution in [2.75, 3.05) is 6.54 Å². The molecule has 5 nitrogen and oxygen atoms in total. The number of hydrogen-bond donors (Lipinski definition) is 1. The van der Waals surface area contributed by atoms with E-state index in [0.717, 1.165) is 19.3 Å². The molecular formula is C11H20N2O3S. The second-order valence-corrected chi connectivity index (χ2v) is 7.09. The van der Waals surface area contributed by atoms with E-state index in [1.54, 1.807) is 0 Å². The molecule has 0 aromatic rings. The molecule has 1 N–H and O–H groups in total. The van der Waals surface area contributed by atoms with Gasteiger partial charge in [-0.25, -0.2) is 4.79 Å². The maximum atomic E-state index is 11.7. The molecule has 0 aromatic heterocycles. The van der Waals surface area contributed by atoms with Crippen molar-refractivity contribution in [1.29, 1.82) is 0 Å². The summed E-state index contributed by atoms with van der Waals surface area (Å²) in [7, 11) is 0. The van der Waals surface area contributed by atoms with E-state index in [1.165, 1.54) is 11.1 Å². The first-order chi connectivity index (χ1) is 7.82. The average molecular weight is 260 g/mol. The molecule has 0 aromatic carbocycles. The number of piperidine rings is 1. The predicted octanol–water partition coefficient (Wildman–Crippen LogP) is 2.05. The second kappa shape index (κ2) is 5.73. The summed E-state index contributed by atoms with van der Waals surface area (Å²) in [5.74, 6) is 0. The molecule has 0 bridgehead atoms. The van der Waals surface area contributed by atoms with Crippen LogP contribution in [-0.2, 0) is 11.4 Å². The van der Waals surface area contributed by atoms with Gasteiger partial charge in [-0.15, -0.1) is 0 Å². The summed E-state index contributed by atoms with van der Waals surface area (Å²) in [5, 5.41) is 9.02. The molecule has 0 spiro atoms. The van der Waals surface area contributed by atoms with Gasteiger partial charge in [0.2, 0.25) is 0 Å². The first-order valence-corrected chi connectivity index (χ1v) is 6.89. The van der Waals surface area contributed by atoms with Crippen molar-refractivity contribution in [2.45, 2.75) is 50.8 Å². The van der Waals surface area contributed by atoms with Crippen molar-refractivity contribution >= 4 is 23.7 Å². The Bertz CT molecular complexity index is 302. The van der Waals surface area contributed by atoms with Crippen molar-refractivity contribution < 1.29 is 14.5 Å². The Morgan fingerprint density at radius 2 is 2.18 bits per heavy atom. The molecule has 1 aliphatic rings. The van der Waals surface area contributed by atoms with Crippen LogP contribution in [0.3, 0.4) is 0 Å². The van der Waals surface area contributed by atoms with Crippen molar-refractivity contribution in [3.05, 3.63) is 0 Å². The molecule has 98 valence electrons. The number of likely N-dealkylation sites (tertiary alicyclic amines) is 1. The zero-order chi connectivity index (χ0) is 13.1. The average Bonchev–Trinajstić information content (AvgIpc) is 2.24. The second-order valence-electron chi connectivity index (χ2n) is 5.16. The van der Waals surface area contributed by atoms with Gasteiger partial charge in [-0.3, -0.25) is 0 Å². The van der Waals surface area contributed by atoms with Crippen LogP contribution < -0.4 is 0 Å². The fourth-order valence-electron chi connectivity index (χ4n) is 1.63. The Morgan fingerprint density at radius 1 is 1.53 bits per heavy atom. The molecule has 1 fully saturated rings. The van der Waals surface area contributed by atoms with Crippen LogP contribution in [0.2, 0.25) is 0 Å². The van der Waals surface area contributed by atoms with E-state index in [1.807, 2.05) is 20.8 Å². The van der Waals surface area contributed by atoms with Crippen LogP contribution in [-0.4, -0.2) is 44.2 Å². The molecule has 1 saturated heterocycles. The largest absolute Gasteiger partial charge is 0.591 e. The Hall–Kier alpha value is -0.750. The monoisotopic (exact) mass is 260 g/mol. The van der Waals surface area contributed by atoms with Crippen LogP contribution in [0.25, 0.3) is 0 Å². The lowest BCUT2D eigenvalue weighted by Crippen LogP contribution is -2.44. The lowest BCUT2D eigenvalue weighted by Gasteiger charge is -2.30. The standard InChI is InChI=1S/C11H20N2O3S/c1-11(2,3)17(16)12-8-9-6-4-5-7-13(9)10(14)15/h8-9H,4-7H2,1-3H3,(H,14,15)/b12-8-. The molecule has 17 heavy (non-hydrogen) atoms. The normalized spacial score (nSPS) is 24.0. The summed E-state index contributed by atoms with van der Waals surface area (Å²) >= 11 is -1.32. The van der Waals surface area contributed by atoms with Crippen LogP contribution in [0.5, 0.6) is 0 Å². The Morgan fingerprint density at radius 3 is 2.71 bits per heavy atom. The molecule has 1 rings (SSSR count). The molecule has 2 atom stereocenters. The number of amides is 1. The number of hydrogen-bond acceptors (Lipinski definition) is 3. The van der Waals surface area contributed by atoms with Crippen LogP contribution in [0, 0.1) is 0 Å². The van der Waals surface area contributed by atoms with E-state index in [0.29, 0.717) is 6.54 Å². The summed E-state index contributed by atoms with van der Waals surface area (Å²) in [4.78, 5) is 12.4. The molecule has 0 aliphatic carbocycles. The fraction of sp³-hybridized carbons (Fsp3) is 0.818. The summed E-state index contributed by atoms with van der Waals surface area (Å²) in [5.41, 5.74) is 0. The van der Waals surface area contributed by atoms with E-state index in [9.17, 15) is 9.35 Å². The Kier molecular flexibility index (Phi) is 4.82. The maximum Gasteiger partial charge on any atom is 0.407 e. The van der Waals surface area contributed by atoms with Gasteiger partial charge in [0.05, 0.1) is 12.3 Å². The molecule has 1 heterocycles. The van der Waals surface area contributed by atoms with Gasteiger partial charge in [0.1, 0.15) is 16.1 Å². The third kappa shape index (κ3) is 4.20. The van der Waals surface area contributed by atoms with Gasteiger partial charge < -0.3 is 14.6 Å². The zero-order valence-electron chi connectivity index (χ0n) is 10.5. The van der Waals surface area contributed by atoms with E-state index >= 15 is 0 Å². The minimum Gasteiger partial charge on any atom is -0.591 e. The maximum absolute atomic E-state index is 11.7. The highest BCUT2D eigenvalue weighted by atomic mass is 32.2. The predicted molar refractivity (Wildman–Crippen MR) is 68.8 cm³/mol. The summed E-state index contributed by atoms with van der Waals surface area (Å²) in [6.07, 6.45) is 3.25. The van der Waals surface area contributed by atoms with Gasteiger partial charge in [-0.1, -0.05) is 4.40 Å². The van der Waals surface area contributed by atoms with Crippen LogP contribution in [0.15, 0.2) is 4.40 Å². The molecule has 1 amide bonds. The van der Waals surface area contributed by atoms with Crippen molar-refractivity contribution in [1.82, 2.24) is 4.90 Å². The number of carbonyl (C=O) groups is 1. The zero-order valence-corrected chi connectivity index (χ0v) is 11.4. The summed E-state index contributed by atoms with van der Waals surface area (Å²) in [6.45, 7) is 6.07. The molecule has 1 aliphatic heterocycles. The van der Waals surface area contributed by atoms with E-state index in [4.69, 9.17) is 5.11 Å². The Balaban J connectivity index is 2.65. The minimum absolute atomic E-state index is 0.229. The lowest BCUT2D eigenvalue weighted by atomic mass is 10.0. The van der Waals surface area contributed by atoms with Gasteiger partial charge >= 0.3 is 6.09 Å². The third-order valence-corrected chi connectivity index (χ3v) is 4.01.